The van der Waals surface area contributed by atoms with Gasteiger partial charge in [-0.1, -0.05) is 5.16 Å². The second kappa shape index (κ2) is 10.5. The molecule has 1 aliphatic heterocycles. The second-order valence-electron chi connectivity index (χ2n) is 9.37. The first-order valence-electron chi connectivity index (χ1n) is 11.8. The highest BCUT2D eigenvalue weighted by molar-refractivity contribution is 7.11. The fourth-order valence-corrected chi connectivity index (χ4v) is 5.62. The van der Waals surface area contributed by atoms with Gasteiger partial charge in [0.2, 0.25) is 5.91 Å². The zero-order chi connectivity index (χ0) is 23.4. The van der Waals surface area contributed by atoms with Crippen molar-refractivity contribution < 1.29 is 18.1 Å². The standard InChI is InChI=1S/C23H33F2N5O2S/c1-16-26-14-19(33-16)13-21(31)27-18-5-3-17(4-6-18)7-8-29-9-11-30(12-10-29)22-20(15-32-28-22)23(2,24)25/h14-15,17-18H,3-13H2,1-2H3,(H,27,31)/t17-,18-. The van der Waals surface area contributed by atoms with Crippen molar-refractivity contribution in [3.05, 3.63) is 27.9 Å². The lowest BCUT2D eigenvalue weighted by molar-refractivity contribution is -0.121. The molecule has 2 fully saturated rings. The molecule has 1 saturated carbocycles. The van der Waals surface area contributed by atoms with E-state index in [1.807, 2.05) is 11.8 Å². The van der Waals surface area contributed by atoms with Crippen molar-refractivity contribution in [3.8, 4) is 0 Å². The lowest BCUT2D eigenvalue weighted by atomic mass is 9.84. The maximum Gasteiger partial charge on any atom is 0.277 e. The van der Waals surface area contributed by atoms with Crippen LogP contribution in [-0.4, -0.2) is 59.7 Å². The number of nitrogens with zero attached hydrogens (tertiary/aromatic N) is 4. The van der Waals surface area contributed by atoms with Gasteiger partial charge in [0.05, 0.1) is 11.4 Å². The number of hydrogen-bond donors (Lipinski definition) is 1. The molecule has 0 unspecified atom stereocenters. The number of carbonyl (C=O) groups excluding carboxylic acids is 1. The number of aryl methyl sites for hydroxylation is 1. The first-order chi connectivity index (χ1) is 15.8. The zero-order valence-corrected chi connectivity index (χ0v) is 20.2. The molecular formula is C23H33F2N5O2S. The topological polar surface area (TPSA) is 74.5 Å². The van der Waals surface area contributed by atoms with Gasteiger partial charge in [0.15, 0.2) is 5.82 Å². The molecule has 10 heteroatoms. The summed E-state index contributed by atoms with van der Waals surface area (Å²) in [5, 5.41) is 8.01. The Kier molecular flexibility index (Phi) is 7.63. The predicted octanol–water partition coefficient (Wildman–Crippen LogP) is 3.98. The van der Waals surface area contributed by atoms with Crippen molar-refractivity contribution in [2.75, 3.05) is 37.6 Å². The largest absolute Gasteiger partial charge is 0.362 e. The van der Waals surface area contributed by atoms with Gasteiger partial charge in [-0.05, 0) is 51.5 Å². The molecule has 0 radical (unpaired) electrons. The van der Waals surface area contributed by atoms with E-state index in [1.54, 1.807) is 17.5 Å². The molecule has 1 saturated heterocycles. The van der Waals surface area contributed by atoms with Crippen LogP contribution < -0.4 is 10.2 Å². The van der Waals surface area contributed by atoms with Gasteiger partial charge in [-0.15, -0.1) is 11.3 Å². The molecule has 0 spiro atoms. The molecule has 33 heavy (non-hydrogen) atoms. The van der Waals surface area contributed by atoms with Crippen LogP contribution in [-0.2, 0) is 17.1 Å². The van der Waals surface area contributed by atoms with E-state index >= 15 is 0 Å². The number of rotatable bonds is 8. The predicted molar refractivity (Wildman–Crippen MR) is 124 cm³/mol. The van der Waals surface area contributed by atoms with Crippen molar-refractivity contribution in [2.45, 2.75) is 64.3 Å². The van der Waals surface area contributed by atoms with Crippen LogP contribution in [0.15, 0.2) is 17.0 Å². The van der Waals surface area contributed by atoms with Crippen LogP contribution >= 0.6 is 11.3 Å². The second-order valence-corrected chi connectivity index (χ2v) is 10.7. The monoisotopic (exact) mass is 481 g/mol. The van der Waals surface area contributed by atoms with E-state index in [2.05, 4.69) is 20.4 Å². The molecule has 0 bridgehead atoms. The summed E-state index contributed by atoms with van der Waals surface area (Å²) in [4.78, 5) is 21.8. The minimum Gasteiger partial charge on any atom is -0.362 e. The molecule has 0 aromatic carbocycles. The summed E-state index contributed by atoms with van der Waals surface area (Å²) < 4.78 is 32.3. The quantitative estimate of drug-likeness (QED) is 0.615. The van der Waals surface area contributed by atoms with Gasteiger partial charge < -0.3 is 14.7 Å². The van der Waals surface area contributed by atoms with Crippen molar-refractivity contribution in [3.63, 3.8) is 0 Å². The summed E-state index contributed by atoms with van der Waals surface area (Å²) in [5.41, 5.74) is -0.137. The smallest absolute Gasteiger partial charge is 0.277 e. The average Bonchev–Trinajstić information content (AvgIpc) is 3.43. The Morgan fingerprint density at radius 2 is 1.97 bits per heavy atom. The molecule has 7 nitrogen and oxygen atoms in total. The van der Waals surface area contributed by atoms with E-state index in [4.69, 9.17) is 4.52 Å². The first-order valence-corrected chi connectivity index (χ1v) is 12.6. The van der Waals surface area contributed by atoms with Crippen molar-refractivity contribution in [2.24, 2.45) is 5.92 Å². The summed E-state index contributed by atoms with van der Waals surface area (Å²) in [6.45, 7) is 6.88. The van der Waals surface area contributed by atoms with Crippen LogP contribution in [0.1, 0.15) is 54.5 Å². The Labute approximate surface area is 197 Å². The Bertz CT molecular complexity index is 912. The molecule has 4 rings (SSSR count). The zero-order valence-electron chi connectivity index (χ0n) is 19.4. The molecule has 1 N–H and O–H groups in total. The number of piperazine rings is 1. The molecule has 2 aromatic rings. The normalized spacial score (nSPS) is 22.5. The van der Waals surface area contributed by atoms with E-state index in [9.17, 15) is 13.6 Å². The Hall–Kier alpha value is -2.07. The van der Waals surface area contributed by atoms with E-state index in [-0.39, 0.29) is 23.3 Å². The summed E-state index contributed by atoms with van der Waals surface area (Å²) in [5.74, 6) is -1.91. The van der Waals surface area contributed by atoms with Crippen molar-refractivity contribution >= 4 is 23.1 Å². The third kappa shape index (κ3) is 6.50. The van der Waals surface area contributed by atoms with E-state index in [0.29, 0.717) is 25.4 Å². The third-order valence-electron chi connectivity index (χ3n) is 6.76. The van der Waals surface area contributed by atoms with Crippen LogP contribution in [0.25, 0.3) is 0 Å². The van der Waals surface area contributed by atoms with Gasteiger partial charge >= 0.3 is 0 Å². The molecule has 182 valence electrons. The van der Waals surface area contributed by atoms with Crippen LogP contribution in [0, 0.1) is 12.8 Å². The van der Waals surface area contributed by atoms with E-state index in [1.165, 1.54) is 0 Å². The lowest BCUT2D eigenvalue weighted by Crippen LogP contribution is -2.47. The van der Waals surface area contributed by atoms with E-state index in [0.717, 1.165) is 74.8 Å². The summed E-state index contributed by atoms with van der Waals surface area (Å²) in [6.07, 6.45) is 8.75. The maximum absolute atomic E-state index is 13.7. The molecule has 1 aliphatic carbocycles. The number of amides is 1. The molecule has 2 aliphatic rings. The average molecular weight is 482 g/mol. The van der Waals surface area contributed by atoms with Gasteiger partial charge in [0, 0.05) is 50.2 Å². The van der Waals surface area contributed by atoms with Crippen LogP contribution in [0.3, 0.4) is 0 Å². The first kappa shape index (κ1) is 24.1. The number of alkyl halides is 2. The summed E-state index contributed by atoms with van der Waals surface area (Å²) >= 11 is 1.58. The number of halogens is 2. The van der Waals surface area contributed by atoms with Crippen LogP contribution in [0.2, 0.25) is 0 Å². The van der Waals surface area contributed by atoms with Crippen molar-refractivity contribution in [1.29, 1.82) is 0 Å². The number of thiazole rings is 1. The van der Waals surface area contributed by atoms with E-state index < -0.39 is 5.92 Å². The highest BCUT2D eigenvalue weighted by Gasteiger charge is 2.34. The highest BCUT2D eigenvalue weighted by atomic mass is 32.1. The van der Waals surface area contributed by atoms with Gasteiger partial charge in [0.25, 0.3) is 5.92 Å². The Morgan fingerprint density at radius 1 is 1.24 bits per heavy atom. The van der Waals surface area contributed by atoms with Crippen LogP contribution in [0.5, 0.6) is 0 Å². The van der Waals surface area contributed by atoms with Crippen LogP contribution in [0.4, 0.5) is 14.6 Å². The number of aromatic nitrogens is 2. The van der Waals surface area contributed by atoms with Gasteiger partial charge in [-0.25, -0.2) is 13.8 Å². The molecule has 2 aromatic heterocycles. The number of hydrogen-bond acceptors (Lipinski definition) is 7. The number of nitrogens with one attached hydrogen (secondary N) is 1. The fourth-order valence-electron chi connectivity index (χ4n) is 4.83. The van der Waals surface area contributed by atoms with Gasteiger partial charge in [-0.3, -0.25) is 9.69 Å². The molecule has 1 amide bonds. The number of carbonyl (C=O) groups is 1. The fraction of sp³-hybridized carbons (Fsp3) is 0.696. The minimum atomic E-state index is -2.95. The third-order valence-corrected chi connectivity index (χ3v) is 7.68. The Morgan fingerprint density at radius 3 is 2.61 bits per heavy atom. The lowest BCUT2D eigenvalue weighted by Gasteiger charge is -2.36. The Balaban J connectivity index is 1.13. The molecular weight excluding hydrogens is 448 g/mol. The maximum atomic E-state index is 13.7. The highest BCUT2D eigenvalue weighted by Crippen LogP contribution is 2.34. The minimum absolute atomic E-state index is 0.0936. The van der Waals surface area contributed by atoms with Gasteiger partial charge in [-0.2, -0.15) is 0 Å². The summed E-state index contributed by atoms with van der Waals surface area (Å²) in [6, 6.07) is 0.277. The van der Waals surface area contributed by atoms with Gasteiger partial charge in [0.1, 0.15) is 11.8 Å². The SMILES string of the molecule is Cc1ncc(CC(=O)N[C@H]2CC[C@H](CCN3CCN(c4nocc4C(C)(F)F)CC3)CC2)s1. The molecule has 3 heterocycles. The summed E-state index contributed by atoms with van der Waals surface area (Å²) in [7, 11) is 0. The van der Waals surface area contributed by atoms with Crippen molar-refractivity contribution in [1.82, 2.24) is 20.4 Å². The number of anilines is 1. The molecule has 0 atom stereocenters.